The second kappa shape index (κ2) is 3.05. The average Bonchev–Trinajstić information content (AvgIpc) is 1.90. The van der Waals surface area contributed by atoms with E-state index in [0.717, 1.165) is 13.1 Å². The second-order valence-electron chi connectivity index (χ2n) is 2.24. The summed E-state index contributed by atoms with van der Waals surface area (Å²) in [5.74, 6) is 0. The van der Waals surface area contributed by atoms with Crippen LogP contribution in [0.15, 0.2) is 0 Å². The van der Waals surface area contributed by atoms with Gasteiger partial charge in [0.2, 0.25) is 0 Å². The van der Waals surface area contributed by atoms with Crippen LogP contribution in [0.3, 0.4) is 0 Å². The summed E-state index contributed by atoms with van der Waals surface area (Å²) in [5, 5.41) is 7.50. The molecule has 1 rings (SSSR count). The fourth-order valence-corrected chi connectivity index (χ4v) is 1.06. The molecule has 1 saturated heterocycles. The van der Waals surface area contributed by atoms with E-state index in [4.69, 9.17) is 0 Å². The first-order valence-corrected chi connectivity index (χ1v) is 3.23. The molecule has 1 radical (unpaired) electrons. The van der Waals surface area contributed by atoms with Crippen LogP contribution in [0.25, 0.3) is 0 Å². The third kappa shape index (κ3) is 1.46. The predicted octanol–water partition coefficient (Wildman–Crippen LogP) is -0.0274. The Balaban J connectivity index is 2.13. The van der Waals surface area contributed by atoms with E-state index >= 15 is 0 Å². The highest BCUT2D eigenvalue weighted by Gasteiger charge is 2.09. The summed E-state index contributed by atoms with van der Waals surface area (Å²) in [4.78, 5) is 0. The van der Waals surface area contributed by atoms with Gasteiger partial charge in [0.15, 0.2) is 0 Å². The minimum absolute atomic E-state index is 0.649. The standard InChI is InChI=1S/C6H13N2/c1-7-6-2-4-8-5-3-6/h6,8H,2-5H2,1H3. The van der Waals surface area contributed by atoms with Gasteiger partial charge in [-0.15, -0.1) is 0 Å². The highest BCUT2D eigenvalue weighted by molar-refractivity contribution is 4.71. The van der Waals surface area contributed by atoms with Crippen LogP contribution in [0.2, 0.25) is 0 Å². The van der Waals surface area contributed by atoms with Crippen LogP contribution >= 0.6 is 0 Å². The van der Waals surface area contributed by atoms with E-state index in [-0.39, 0.29) is 0 Å². The zero-order chi connectivity index (χ0) is 5.82. The van der Waals surface area contributed by atoms with Crippen molar-refractivity contribution in [3.05, 3.63) is 0 Å². The van der Waals surface area contributed by atoms with Gasteiger partial charge < -0.3 is 5.32 Å². The number of nitrogens with zero attached hydrogens (tertiary/aromatic N) is 1. The van der Waals surface area contributed by atoms with Crippen LogP contribution in [-0.2, 0) is 0 Å². The Hall–Kier alpha value is -0.0800. The summed E-state index contributed by atoms with van der Waals surface area (Å²) in [6, 6.07) is 0.649. The zero-order valence-electron chi connectivity index (χ0n) is 5.35. The van der Waals surface area contributed by atoms with Crippen molar-refractivity contribution in [1.82, 2.24) is 10.6 Å². The SMILES string of the molecule is C[N]C1CCNCC1. The molecular weight excluding hydrogens is 100 g/mol. The van der Waals surface area contributed by atoms with Crippen LogP contribution in [0.1, 0.15) is 12.8 Å². The molecule has 0 saturated carbocycles. The summed E-state index contributed by atoms with van der Waals surface area (Å²) >= 11 is 0. The Morgan fingerprint density at radius 2 is 2.00 bits per heavy atom. The lowest BCUT2D eigenvalue weighted by molar-refractivity contribution is 0.404. The molecule has 8 heavy (non-hydrogen) atoms. The number of nitrogens with one attached hydrogen (secondary N) is 1. The third-order valence-corrected chi connectivity index (χ3v) is 1.67. The van der Waals surface area contributed by atoms with E-state index in [0.29, 0.717) is 6.04 Å². The van der Waals surface area contributed by atoms with Crippen molar-refractivity contribution < 1.29 is 0 Å². The maximum absolute atomic E-state index is 4.21. The van der Waals surface area contributed by atoms with Gasteiger partial charge >= 0.3 is 0 Å². The number of rotatable bonds is 1. The smallest absolute Gasteiger partial charge is 0.0266 e. The first-order valence-electron chi connectivity index (χ1n) is 3.23. The first kappa shape index (κ1) is 6.05. The lowest BCUT2D eigenvalue weighted by Crippen LogP contribution is -2.34. The van der Waals surface area contributed by atoms with E-state index < -0.39 is 0 Å². The molecule has 0 spiro atoms. The average molecular weight is 113 g/mol. The Labute approximate surface area is 50.7 Å². The van der Waals surface area contributed by atoms with Gasteiger partial charge in [-0.3, -0.25) is 0 Å². The van der Waals surface area contributed by atoms with E-state index in [1.807, 2.05) is 7.05 Å². The molecule has 0 aromatic heterocycles. The molecule has 0 aromatic rings. The Bertz CT molecular complexity index is 57.5. The predicted molar refractivity (Wildman–Crippen MR) is 33.9 cm³/mol. The molecule has 0 amide bonds. The molecular formula is C6H13N2. The molecule has 0 aliphatic carbocycles. The van der Waals surface area contributed by atoms with Crippen LogP contribution in [0.4, 0.5) is 0 Å². The molecule has 1 heterocycles. The van der Waals surface area contributed by atoms with E-state index in [9.17, 15) is 0 Å². The second-order valence-corrected chi connectivity index (χ2v) is 2.24. The molecule has 0 atom stereocenters. The Morgan fingerprint density at radius 3 is 2.38 bits per heavy atom. The van der Waals surface area contributed by atoms with Crippen LogP contribution < -0.4 is 10.6 Å². The fraction of sp³-hybridized carbons (Fsp3) is 1.00. The van der Waals surface area contributed by atoms with Gasteiger partial charge in [-0.05, 0) is 25.9 Å². The van der Waals surface area contributed by atoms with Crippen molar-refractivity contribution in [3.63, 3.8) is 0 Å². The molecule has 1 aliphatic rings. The lowest BCUT2D eigenvalue weighted by atomic mass is 10.1. The van der Waals surface area contributed by atoms with Crippen molar-refractivity contribution >= 4 is 0 Å². The minimum Gasteiger partial charge on any atom is -0.317 e. The number of hydrogen-bond acceptors (Lipinski definition) is 1. The lowest BCUT2D eigenvalue weighted by Gasteiger charge is -2.19. The normalized spacial score (nSPS) is 23.6. The van der Waals surface area contributed by atoms with Gasteiger partial charge in [0.05, 0.1) is 0 Å². The highest BCUT2D eigenvalue weighted by atomic mass is 14.9. The topological polar surface area (TPSA) is 26.1 Å². The molecule has 2 heteroatoms. The molecule has 1 N–H and O–H groups in total. The van der Waals surface area contributed by atoms with Gasteiger partial charge in [-0.25, -0.2) is 5.32 Å². The summed E-state index contributed by atoms with van der Waals surface area (Å²) in [7, 11) is 1.91. The summed E-state index contributed by atoms with van der Waals surface area (Å²) < 4.78 is 0. The van der Waals surface area contributed by atoms with E-state index in [2.05, 4.69) is 10.6 Å². The molecule has 0 bridgehead atoms. The largest absolute Gasteiger partial charge is 0.317 e. The molecule has 47 valence electrons. The minimum atomic E-state index is 0.649. The van der Waals surface area contributed by atoms with Crippen molar-refractivity contribution in [2.24, 2.45) is 0 Å². The van der Waals surface area contributed by atoms with Crippen LogP contribution in [0.5, 0.6) is 0 Å². The number of hydrogen-bond donors (Lipinski definition) is 1. The van der Waals surface area contributed by atoms with Crippen molar-refractivity contribution in [2.45, 2.75) is 18.9 Å². The van der Waals surface area contributed by atoms with Crippen LogP contribution in [0, 0.1) is 0 Å². The zero-order valence-corrected chi connectivity index (χ0v) is 5.35. The molecule has 1 fully saturated rings. The Kier molecular flexibility index (Phi) is 2.30. The third-order valence-electron chi connectivity index (χ3n) is 1.67. The van der Waals surface area contributed by atoms with Crippen molar-refractivity contribution in [3.8, 4) is 0 Å². The van der Waals surface area contributed by atoms with Gasteiger partial charge in [-0.1, -0.05) is 0 Å². The van der Waals surface area contributed by atoms with Crippen LogP contribution in [-0.4, -0.2) is 26.2 Å². The molecule has 0 unspecified atom stereocenters. The maximum Gasteiger partial charge on any atom is 0.0266 e. The quantitative estimate of drug-likeness (QED) is 0.508. The fourth-order valence-electron chi connectivity index (χ4n) is 1.06. The maximum atomic E-state index is 4.21. The van der Waals surface area contributed by atoms with E-state index in [1.54, 1.807) is 0 Å². The van der Waals surface area contributed by atoms with Crippen molar-refractivity contribution in [2.75, 3.05) is 20.1 Å². The van der Waals surface area contributed by atoms with Gasteiger partial charge in [0.1, 0.15) is 0 Å². The summed E-state index contributed by atoms with van der Waals surface area (Å²) in [6.45, 7) is 2.31. The molecule has 1 aliphatic heterocycles. The Morgan fingerprint density at radius 1 is 1.38 bits per heavy atom. The molecule has 0 aromatic carbocycles. The van der Waals surface area contributed by atoms with Crippen molar-refractivity contribution in [1.29, 1.82) is 0 Å². The van der Waals surface area contributed by atoms with Gasteiger partial charge in [0.25, 0.3) is 0 Å². The monoisotopic (exact) mass is 113 g/mol. The molecule has 2 nitrogen and oxygen atoms in total. The number of piperidine rings is 1. The van der Waals surface area contributed by atoms with Gasteiger partial charge in [-0.2, -0.15) is 0 Å². The van der Waals surface area contributed by atoms with Gasteiger partial charge in [0, 0.05) is 13.1 Å². The van der Waals surface area contributed by atoms with E-state index in [1.165, 1.54) is 12.8 Å². The summed E-state index contributed by atoms with van der Waals surface area (Å²) in [5.41, 5.74) is 0. The first-order chi connectivity index (χ1) is 3.93. The summed E-state index contributed by atoms with van der Waals surface area (Å²) in [6.07, 6.45) is 2.47. The highest BCUT2D eigenvalue weighted by Crippen LogP contribution is 2.00.